The number of hydrogen-bond acceptors (Lipinski definition) is 5. The van der Waals surface area contributed by atoms with E-state index in [0.717, 1.165) is 17.7 Å². The molecule has 4 rings (SSSR count). The third-order valence-corrected chi connectivity index (χ3v) is 5.80. The van der Waals surface area contributed by atoms with Crippen LogP contribution in [0.3, 0.4) is 0 Å². The molecule has 1 aliphatic heterocycles. The number of nitrogens with one attached hydrogen (secondary N) is 1. The first-order valence-electron chi connectivity index (χ1n) is 11.1. The molecule has 3 aromatic rings. The third-order valence-electron chi connectivity index (χ3n) is 5.80. The molecule has 33 heavy (non-hydrogen) atoms. The number of hydrogen-bond donors (Lipinski definition) is 2. The van der Waals surface area contributed by atoms with Crippen LogP contribution in [0.2, 0.25) is 0 Å². The van der Waals surface area contributed by atoms with E-state index >= 15 is 0 Å². The van der Waals surface area contributed by atoms with Gasteiger partial charge in [0.15, 0.2) is 0 Å². The van der Waals surface area contributed by atoms with Crippen molar-refractivity contribution in [2.75, 3.05) is 19.7 Å². The van der Waals surface area contributed by atoms with Crippen LogP contribution in [0.15, 0.2) is 73.1 Å². The van der Waals surface area contributed by atoms with Gasteiger partial charge < -0.3 is 15.2 Å². The van der Waals surface area contributed by atoms with E-state index < -0.39 is 0 Å². The molecule has 6 nitrogen and oxygen atoms in total. The number of carbonyl (C=O) groups is 1. The zero-order chi connectivity index (χ0) is 23.0. The zero-order valence-electron chi connectivity index (χ0n) is 18.4. The summed E-state index contributed by atoms with van der Waals surface area (Å²) in [5.74, 6) is 0.319. The van der Waals surface area contributed by atoms with E-state index in [1.165, 1.54) is 12.1 Å². The molecule has 0 bridgehead atoms. The molecule has 7 heteroatoms. The van der Waals surface area contributed by atoms with E-state index in [9.17, 15) is 14.3 Å². The Hall–Kier alpha value is -3.45. The first-order valence-corrected chi connectivity index (χ1v) is 11.1. The summed E-state index contributed by atoms with van der Waals surface area (Å²) in [4.78, 5) is 19.3. The monoisotopic (exact) mass is 449 g/mol. The van der Waals surface area contributed by atoms with E-state index in [0.29, 0.717) is 38.4 Å². The van der Waals surface area contributed by atoms with Crippen LogP contribution in [0, 0.1) is 17.7 Å². The predicted molar refractivity (Wildman–Crippen MR) is 123 cm³/mol. The Morgan fingerprint density at radius 2 is 1.97 bits per heavy atom. The van der Waals surface area contributed by atoms with Crippen molar-refractivity contribution in [1.82, 2.24) is 15.2 Å². The van der Waals surface area contributed by atoms with Crippen molar-refractivity contribution < 1.29 is 19.0 Å². The second-order valence-corrected chi connectivity index (χ2v) is 8.51. The van der Waals surface area contributed by atoms with Crippen LogP contribution in [0.5, 0.6) is 11.5 Å². The molecule has 1 aliphatic rings. The highest BCUT2D eigenvalue weighted by Gasteiger charge is 2.32. The molecular formula is C26H28FN3O3. The van der Waals surface area contributed by atoms with Crippen molar-refractivity contribution in [2.45, 2.75) is 19.5 Å². The van der Waals surface area contributed by atoms with Crippen molar-refractivity contribution in [1.29, 1.82) is 0 Å². The highest BCUT2D eigenvalue weighted by atomic mass is 19.1. The number of likely N-dealkylation sites (tertiary alicyclic amines) is 1. The van der Waals surface area contributed by atoms with E-state index in [1.807, 2.05) is 24.3 Å². The minimum atomic E-state index is -0.335. The first kappa shape index (κ1) is 22.7. The summed E-state index contributed by atoms with van der Waals surface area (Å²) in [6, 6.07) is 17.0. The fourth-order valence-electron chi connectivity index (χ4n) is 4.21. The summed E-state index contributed by atoms with van der Waals surface area (Å²) in [5, 5.41) is 12.6. The number of rotatable bonds is 8. The number of amides is 1. The van der Waals surface area contributed by atoms with Crippen LogP contribution in [0.25, 0.3) is 0 Å². The second-order valence-electron chi connectivity index (χ2n) is 8.51. The maximum Gasteiger partial charge on any atom is 0.224 e. The summed E-state index contributed by atoms with van der Waals surface area (Å²) in [7, 11) is 0. The van der Waals surface area contributed by atoms with Gasteiger partial charge in [-0.1, -0.05) is 24.3 Å². The quantitative estimate of drug-likeness (QED) is 0.548. The van der Waals surface area contributed by atoms with E-state index in [2.05, 4.69) is 15.2 Å². The van der Waals surface area contributed by atoms with Gasteiger partial charge in [-0.25, -0.2) is 4.39 Å². The minimum absolute atomic E-state index is 0.00464. The Morgan fingerprint density at radius 3 is 2.73 bits per heavy atom. The molecule has 0 unspecified atom stereocenters. The average Bonchev–Trinajstić information content (AvgIpc) is 2.83. The van der Waals surface area contributed by atoms with Crippen molar-refractivity contribution in [3.05, 3.63) is 90.0 Å². The van der Waals surface area contributed by atoms with Crippen molar-refractivity contribution >= 4 is 5.91 Å². The number of aromatic hydroxyl groups is 1. The number of piperidine rings is 1. The Morgan fingerprint density at radius 1 is 1.12 bits per heavy atom. The molecule has 1 fully saturated rings. The van der Waals surface area contributed by atoms with E-state index in [1.54, 1.807) is 36.7 Å². The molecule has 2 heterocycles. The molecule has 2 N–H and O–H groups in total. The lowest BCUT2D eigenvalue weighted by atomic mass is 9.88. The zero-order valence-corrected chi connectivity index (χ0v) is 18.4. The molecule has 0 saturated carbocycles. The van der Waals surface area contributed by atoms with Gasteiger partial charge in [-0.05, 0) is 47.9 Å². The van der Waals surface area contributed by atoms with Gasteiger partial charge >= 0.3 is 0 Å². The number of ether oxygens (including phenoxy) is 1. The molecule has 1 amide bonds. The maximum absolute atomic E-state index is 13.5. The predicted octanol–water partition coefficient (Wildman–Crippen LogP) is 3.76. The fourth-order valence-corrected chi connectivity index (χ4v) is 4.21. The van der Waals surface area contributed by atoms with Crippen LogP contribution in [0.4, 0.5) is 4.39 Å². The number of pyridine rings is 1. The summed E-state index contributed by atoms with van der Waals surface area (Å²) in [5.41, 5.74) is 2.02. The number of phenols is 1. The van der Waals surface area contributed by atoms with Crippen molar-refractivity contribution in [3.63, 3.8) is 0 Å². The molecule has 172 valence electrons. The number of aromatic nitrogens is 1. The Kier molecular flexibility index (Phi) is 7.52. The summed E-state index contributed by atoms with van der Waals surface area (Å²) >= 11 is 0. The van der Waals surface area contributed by atoms with Crippen molar-refractivity contribution in [3.8, 4) is 11.5 Å². The lowest BCUT2D eigenvalue weighted by Gasteiger charge is -2.37. The average molecular weight is 450 g/mol. The Balaban J connectivity index is 1.41. The van der Waals surface area contributed by atoms with Gasteiger partial charge in [0.05, 0.1) is 12.5 Å². The van der Waals surface area contributed by atoms with E-state index in [-0.39, 0.29) is 29.3 Å². The first-order chi connectivity index (χ1) is 16.0. The van der Waals surface area contributed by atoms with Crippen LogP contribution in [0.1, 0.15) is 17.5 Å². The van der Waals surface area contributed by atoms with Gasteiger partial charge in [-0.2, -0.15) is 0 Å². The lowest BCUT2D eigenvalue weighted by molar-refractivity contribution is -0.128. The smallest absolute Gasteiger partial charge is 0.224 e. The molecule has 1 saturated heterocycles. The molecular weight excluding hydrogens is 421 g/mol. The summed E-state index contributed by atoms with van der Waals surface area (Å²) in [6.07, 6.45) is 4.14. The van der Waals surface area contributed by atoms with E-state index in [4.69, 9.17) is 4.74 Å². The number of halogens is 1. The SMILES string of the molecule is O=C(NCc1cccnc1)[C@@H]1C[C@H](COc2cccc(F)c2)CN(Cc2ccc(O)cc2)C1. The third kappa shape index (κ3) is 6.76. The number of carbonyl (C=O) groups excluding carboxylic acids is 1. The van der Waals surface area contributed by atoms with Crippen molar-refractivity contribution in [2.24, 2.45) is 11.8 Å². The topological polar surface area (TPSA) is 74.7 Å². The highest BCUT2D eigenvalue weighted by molar-refractivity contribution is 5.79. The molecule has 2 aromatic carbocycles. The molecule has 1 aromatic heterocycles. The largest absolute Gasteiger partial charge is 0.508 e. The van der Waals surface area contributed by atoms with Crippen LogP contribution >= 0.6 is 0 Å². The standard InChI is InChI=1S/C26H28FN3O3/c27-23-4-1-5-25(12-23)33-18-21-11-22(26(32)29-14-20-3-2-10-28-13-20)17-30(16-21)15-19-6-8-24(31)9-7-19/h1-10,12-13,21-22,31H,11,14-18H2,(H,29,32)/t21-,22+/m0/s1. The van der Waals surface area contributed by atoms with Crippen LogP contribution < -0.4 is 10.1 Å². The number of nitrogens with zero attached hydrogens (tertiary/aromatic N) is 2. The maximum atomic E-state index is 13.5. The minimum Gasteiger partial charge on any atom is -0.508 e. The van der Waals surface area contributed by atoms with Crippen LogP contribution in [-0.2, 0) is 17.9 Å². The highest BCUT2D eigenvalue weighted by Crippen LogP contribution is 2.26. The fraction of sp³-hybridized carbons (Fsp3) is 0.308. The second kappa shape index (κ2) is 10.9. The number of benzene rings is 2. The Bertz CT molecular complexity index is 1050. The van der Waals surface area contributed by atoms with Crippen LogP contribution in [-0.4, -0.2) is 40.6 Å². The molecule has 0 aliphatic carbocycles. The van der Waals surface area contributed by atoms with Gasteiger partial charge in [-0.3, -0.25) is 14.7 Å². The lowest BCUT2D eigenvalue weighted by Crippen LogP contribution is -2.47. The van der Waals surface area contributed by atoms with Gasteiger partial charge in [-0.15, -0.1) is 0 Å². The molecule has 0 radical (unpaired) electrons. The molecule has 2 atom stereocenters. The van der Waals surface area contributed by atoms with Gasteiger partial charge in [0.25, 0.3) is 0 Å². The summed E-state index contributed by atoms with van der Waals surface area (Å²) < 4.78 is 19.4. The normalized spacial score (nSPS) is 18.6. The Labute approximate surface area is 193 Å². The number of phenolic OH excluding ortho intramolecular Hbond substituents is 1. The van der Waals surface area contributed by atoms with Gasteiger partial charge in [0, 0.05) is 50.6 Å². The summed E-state index contributed by atoms with van der Waals surface area (Å²) in [6.45, 7) is 2.91. The van der Waals surface area contributed by atoms with Gasteiger partial charge in [0.2, 0.25) is 5.91 Å². The molecule has 0 spiro atoms. The van der Waals surface area contributed by atoms with Gasteiger partial charge in [0.1, 0.15) is 17.3 Å².